The predicted octanol–water partition coefficient (Wildman–Crippen LogP) is 7.10. The van der Waals surface area contributed by atoms with Crippen LogP contribution in [-0.4, -0.2) is 48.7 Å². The van der Waals surface area contributed by atoms with Gasteiger partial charge >= 0.3 is 5.97 Å². The van der Waals surface area contributed by atoms with E-state index in [1.807, 2.05) is 37.4 Å². The Hall–Kier alpha value is -3.28. The molecule has 0 spiro atoms. The van der Waals surface area contributed by atoms with Gasteiger partial charge in [-0.2, -0.15) is 0 Å². The van der Waals surface area contributed by atoms with E-state index in [-0.39, 0.29) is 18.5 Å². The zero-order valence-electron chi connectivity index (χ0n) is 23.4. The molecule has 1 fully saturated rings. The molecule has 0 saturated heterocycles. The summed E-state index contributed by atoms with van der Waals surface area (Å²) in [5.74, 6) is 0.797. The van der Waals surface area contributed by atoms with Gasteiger partial charge < -0.3 is 18.9 Å². The van der Waals surface area contributed by atoms with Gasteiger partial charge in [0, 0.05) is 37.1 Å². The largest absolute Gasteiger partial charge is 0.483 e. The first-order valence-corrected chi connectivity index (χ1v) is 14.1. The first-order chi connectivity index (χ1) is 18.5. The summed E-state index contributed by atoms with van der Waals surface area (Å²) in [5.41, 5.74) is 4.93. The standard InChI is InChI=1S/C32H42N2O4/c1-5-6-7-13-20-33(2)29(35)22-38-28-17-12-11-16-26(28)31-30(23-14-9-8-10-15-23)25-19-18-24(32(36)37-4)21-27(25)34(31)3/h11-12,16-19,21,23H,5-10,13-15,20,22H2,1-4H3. The van der Waals surface area contributed by atoms with Crippen LogP contribution in [0.1, 0.15) is 86.6 Å². The molecular weight excluding hydrogens is 476 g/mol. The van der Waals surface area contributed by atoms with E-state index in [1.165, 1.54) is 50.2 Å². The molecule has 1 aromatic heterocycles. The Kier molecular flexibility index (Phi) is 9.48. The van der Waals surface area contributed by atoms with E-state index >= 15 is 0 Å². The Labute approximate surface area is 226 Å². The number of likely N-dealkylation sites (N-methyl/N-ethyl adjacent to an activating group) is 1. The minimum absolute atomic E-state index is 0.0104. The van der Waals surface area contributed by atoms with E-state index in [4.69, 9.17) is 9.47 Å². The molecule has 2 aromatic carbocycles. The Morgan fingerprint density at radius 3 is 2.53 bits per heavy atom. The fourth-order valence-electron chi connectivity index (χ4n) is 5.78. The van der Waals surface area contributed by atoms with Gasteiger partial charge in [0.25, 0.3) is 5.91 Å². The maximum Gasteiger partial charge on any atom is 0.337 e. The molecule has 38 heavy (non-hydrogen) atoms. The molecule has 0 radical (unpaired) electrons. The first-order valence-electron chi connectivity index (χ1n) is 14.1. The average Bonchev–Trinajstić information content (AvgIpc) is 3.25. The van der Waals surface area contributed by atoms with Crippen LogP contribution in [0.5, 0.6) is 5.75 Å². The lowest BCUT2D eigenvalue weighted by Gasteiger charge is -2.24. The van der Waals surface area contributed by atoms with Crippen LogP contribution < -0.4 is 4.74 Å². The van der Waals surface area contributed by atoms with Crippen LogP contribution in [0.3, 0.4) is 0 Å². The number of ether oxygens (including phenoxy) is 2. The maximum absolute atomic E-state index is 12.8. The quantitative estimate of drug-likeness (QED) is 0.201. The number of hydrogen-bond acceptors (Lipinski definition) is 4. The lowest BCUT2D eigenvalue weighted by molar-refractivity contribution is -0.132. The molecule has 1 amide bonds. The molecule has 3 aromatic rings. The van der Waals surface area contributed by atoms with Gasteiger partial charge in [0.1, 0.15) is 5.75 Å². The van der Waals surface area contributed by atoms with Crippen molar-refractivity contribution in [3.63, 3.8) is 0 Å². The number of para-hydroxylation sites is 1. The summed E-state index contributed by atoms with van der Waals surface area (Å²) < 4.78 is 13.4. The number of hydrogen-bond donors (Lipinski definition) is 0. The Morgan fingerprint density at radius 1 is 1.03 bits per heavy atom. The summed E-state index contributed by atoms with van der Waals surface area (Å²) in [6, 6.07) is 13.9. The molecule has 6 heteroatoms. The fourth-order valence-corrected chi connectivity index (χ4v) is 5.78. The second kappa shape index (κ2) is 13.0. The number of aryl methyl sites for hydroxylation is 1. The van der Waals surface area contributed by atoms with Crippen LogP contribution in [0.15, 0.2) is 42.5 Å². The van der Waals surface area contributed by atoms with Crippen molar-refractivity contribution < 1.29 is 19.1 Å². The summed E-state index contributed by atoms with van der Waals surface area (Å²) in [5, 5.41) is 1.17. The van der Waals surface area contributed by atoms with Crippen molar-refractivity contribution in [2.75, 3.05) is 27.3 Å². The number of esters is 1. The second-order valence-electron chi connectivity index (χ2n) is 10.5. The van der Waals surface area contributed by atoms with Crippen LogP contribution in [0, 0.1) is 0 Å². The Morgan fingerprint density at radius 2 is 1.79 bits per heavy atom. The van der Waals surface area contributed by atoms with Crippen LogP contribution in [0.2, 0.25) is 0 Å². The molecule has 1 saturated carbocycles. The first kappa shape index (κ1) is 27.7. The summed E-state index contributed by atoms with van der Waals surface area (Å²) in [7, 11) is 5.32. The van der Waals surface area contributed by atoms with Gasteiger partial charge in [0.05, 0.1) is 18.4 Å². The summed E-state index contributed by atoms with van der Waals surface area (Å²) in [4.78, 5) is 26.9. The number of nitrogens with zero attached hydrogens (tertiary/aromatic N) is 2. The molecule has 0 bridgehead atoms. The number of carbonyl (C=O) groups is 2. The third kappa shape index (κ3) is 6.06. The van der Waals surface area contributed by atoms with Crippen LogP contribution in [0.4, 0.5) is 0 Å². The van der Waals surface area contributed by atoms with Gasteiger partial charge in [0.15, 0.2) is 6.61 Å². The molecule has 0 atom stereocenters. The van der Waals surface area contributed by atoms with E-state index in [1.54, 1.807) is 4.90 Å². The van der Waals surface area contributed by atoms with Crippen LogP contribution in [0.25, 0.3) is 22.2 Å². The minimum Gasteiger partial charge on any atom is -0.483 e. The third-order valence-corrected chi connectivity index (χ3v) is 7.94. The molecule has 0 aliphatic heterocycles. The molecular formula is C32H42N2O4. The number of amides is 1. The highest BCUT2D eigenvalue weighted by Gasteiger charge is 2.27. The lowest BCUT2D eigenvalue weighted by atomic mass is 9.81. The van der Waals surface area contributed by atoms with Gasteiger partial charge in [-0.1, -0.05) is 63.6 Å². The average molecular weight is 519 g/mol. The van der Waals surface area contributed by atoms with Crippen molar-refractivity contribution in [1.82, 2.24) is 9.47 Å². The zero-order chi connectivity index (χ0) is 27.1. The molecule has 4 rings (SSSR count). The summed E-state index contributed by atoms with van der Waals surface area (Å²) in [6.07, 6.45) is 10.5. The molecule has 1 aliphatic carbocycles. The zero-order valence-corrected chi connectivity index (χ0v) is 23.4. The van der Waals surface area contributed by atoms with Crippen LogP contribution in [-0.2, 0) is 16.6 Å². The SMILES string of the molecule is CCCCCCN(C)C(=O)COc1ccccc1-c1c(C2CCCCC2)c2ccc(C(=O)OC)cc2n1C. The molecule has 204 valence electrons. The maximum atomic E-state index is 12.8. The Balaban J connectivity index is 1.68. The molecule has 1 aliphatic rings. The number of methoxy groups -OCH3 is 1. The number of carbonyl (C=O) groups excluding carboxylic acids is 2. The van der Waals surface area contributed by atoms with E-state index in [0.717, 1.165) is 49.0 Å². The monoisotopic (exact) mass is 518 g/mol. The van der Waals surface area contributed by atoms with E-state index in [2.05, 4.69) is 30.7 Å². The van der Waals surface area contributed by atoms with Crippen molar-refractivity contribution in [1.29, 1.82) is 0 Å². The van der Waals surface area contributed by atoms with Crippen LogP contribution >= 0.6 is 0 Å². The smallest absolute Gasteiger partial charge is 0.337 e. The normalized spacial score (nSPS) is 14.0. The lowest BCUT2D eigenvalue weighted by Crippen LogP contribution is -2.32. The van der Waals surface area contributed by atoms with Gasteiger partial charge in [-0.05, 0) is 55.0 Å². The summed E-state index contributed by atoms with van der Waals surface area (Å²) >= 11 is 0. The molecule has 1 heterocycles. The van der Waals surface area contributed by atoms with Gasteiger partial charge in [-0.3, -0.25) is 4.79 Å². The van der Waals surface area contributed by atoms with Crippen molar-refractivity contribution in [3.05, 3.63) is 53.6 Å². The second-order valence-corrected chi connectivity index (χ2v) is 10.5. The van der Waals surface area contributed by atoms with Crippen molar-refractivity contribution >= 4 is 22.8 Å². The highest BCUT2D eigenvalue weighted by atomic mass is 16.5. The number of benzene rings is 2. The number of unbranched alkanes of at least 4 members (excludes halogenated alkanes) is 3. The minimum atomic E-state index is -0.338. The van der Waals surface area contributed by atoms with Gasteiger partial charge in [-0.15, -0.1) is 0 Å². The number of aromatic nitrogens is 1. The number of rotatable bonds is 11. The van der Waals surface area contributed by atoms with Gasteiger partial charge in [0.2, 0.25) is 0 Å². The third-order valence-electron chi connectivity index (χ3n) is 7.94. The van der Waals surface area contributed by atoms with E-state index < -0.39 is 0 Å². The summed E-state index contributed by atoms with van der Waals surface area (Å²) in [6.45, 7) is 2.95. The predicted molar refractivity (Wildman–Crippen MR) is 153 cm³/mol. The van der Waals surface area contributed by atoms with Gasteiger partial charge in [-0.25, -0.2) is 4.79 Å². The molecule has 0 unspecified atom stereocenters. The van der Waals surface area contributed by atoms with Crippen molar-refractivity contribution in [3.8, 4) is 17.0 Å². The highest BCUT2D eigenvalue weighted by Crippen LogP contribution is 2.45. The van der Waals surface area contributed by atoms with Crippen molar-refractivity contribution in [2.24, 2.45) is 7.05 Å². The van der Waals surface area contributed by atoms with E-state index in [9.17, 15) is 9.59 Å². The molecule has 0 N–H and O–H groups in total. The molecule has 6 nitrogen and oxygen atoms in total. The van der Waals surface area contributed by atoms with Crippen molar-refractivity contribution in [2.45, 2.75) is 70.6 Å². The topological polar surface area (TPSA) is 60.8 Å². The highest BCUT2D eigenvalue weighted by molar-refractivity contribution is 5.99. The number of fused-ring (bicyclic) bond motifs is 1. The van der Waals surface area contributed by atoms with E-state index in [0.29, 0.717) is 17.2 Å². The Bertz CT molecular complexity index is 1260. The fraction of sp³-hybridized carbons (Fsp3) is 0.500.